The molecule has 0 atom stereocenters. The Hall–Kier alpha value is -2.57. The number of benzene rings is 2. The maximum absolute atomic E-state index is 13.0. The Bertz CT molecular complexity index is 991. The van der Waals surface area contributed by atoms with E-state index in [0.717, 1.165) is 37.4 Å². The summed E-state index contributed by atoms with van der Waals surface area (Å²) in [5, 5.41) is 3.35. The summed E-state index contributed by atoms with van der Waals surface area (Å²) in [5.74, 6) is 0. The lowest BCUT2D eigenvalue weighted by atomic mass is 10.1. The molecule has 26 heavy (non-hydrogen) atoms. The van der Waals surface area contributed by atoms with Crippen molar-refractivity contribution in [2.45, 2.75) is 4.90 Å². The molecule has 0 amide bonds. The summed E-state index contributed by atoms with van der Waals surface area (Å²) in [7, 11) is -3.62. The third-order valence-electron chi connectivity index (χ3n) is 4.64. The molecule has 0 radical (unpaired) electrons. The Morgan fingerprint density at radius 1 is 0.846 bits per heavy atom. The van der Waals surface area contributed by atoms with Crippen LogP contribution in [0.5, 0.6) is 0 Å². The first-order valence-corrected chi connectivity index (χ1v) is 10.1. The topological polar surface area (TPSA) is 54.3 Å². The molecule has 1 aliphatic heterocycles. The minimum Gasteiger partial charge on any atom is -0.369 e. The number of hydrogen-bond acceptors (Lipinski definition) is 4. The number of piperazine rings is 1. The second-order valence-electron chi connectivity index (χ2n) is 6.29. The molecule has 0 aliphatic carbocycles. The molecule has 4 rings (SSSR count). The highest BCUT2D eigenvalue weighted by Gasteiger charge is 2.20. The van der Waals surface area contributed by atoms with Crippen LogP contribution in [-0.4, -0.2) is 38.6 Å². The van der Waals surface area contributed by atoms with Crippen molar-refractivity contribution in [2.75, 3.05) is 31.1 Å². The lowest BCUT2D eigenvalue weighted by Gasteiger charge is -2.29. The maximum Gasteiger partial charge on any atom is 0.268 e. The summed E-state index contributed by atoms with van der Waals surface area (Å²) in [6, 6.07) is 20.2. The highest BCUT2D eigenvalue weighted by atomic mass is 32.2. The summed E-state index contributed by atoms with van der Waals surface area (Å²) < 4.78 is 27.4. The van der Waals surface area contributed by atoms with Gasteiger partial charge in [0.2, 0.25) is 0 Å². The number of aromatic nitrogens is 1. The predicted molar refractivity (Wildman–Crippen MR) is 104 cm³/mol. The first kappa shape index (κ1) is 16.9. The highest BCUT2D eigenvalue weighted by molar-refractivity contribution is 7.90. The molecule has 0 unspecified atom stereocenters. The number of nitrogens with zero attached hydrogens (tertiary/aromatic N) is 2. The van der Waals surface area contributed by atoms with Crippen molar-refractivity contribution < 1.29 is 8.42 Å². The summed E-state index contributed by atoms with van der Waals surface area (Å²) >= 11 is 0. The van der Waals surface area contributed by atoms with Crippen LogP contribution in [0.2, 0.25) is 0 Å². The van der Waals surface area contributed by atoms with Crippen molar-refractivity contribution in [1.29, 1.82) is 0 Å². The maximum atomic E-state index is 13.0. The molecule has 0 saturated carbocycles. The second-order valence-corrected chi connectivity index (χ2v) is 8.11. The highest BCUT2D eigenvalue weighted by Crippen LogP contribution is 2.28. The third-order valence-corrected chi connectivity index (χ3v) is 6.34. The Kier molecular flexibility index (Phi) is 4.53. The van der Waals surface area contributed by atoms with E-state index in [9.17, 15) is 8.42 Å². The average Bonchev–Trinajstić information content (AvgIpc) is 3.20. The zero-order valence-electron chi connectivity index (χ0n) is 14.4. The molecule has 0 bridgehead atoms. The van der Waals surface area contributed by atoms with E-state index in [2.05, 4.69) is 22.3 Å². The zero-order valence-corrected chi connectivity index (χ0v) is 15.2. The van der Waals surface area contributed by atoms with Gasteiger partial charge >= 0.3 is 0 Å². The molecule has 0 spiro atoms. The third kappa shape index (κ3) is 3.13. The molecule has 134 valence electrons. The smallest absolute Gasteiger partial charge is 0.268 e. The van der Waals surface area contributed by atoms with Crippen molar-refractivity contribution in [1.82, 2.24) is 9.29 Å². The van der Waals surface area contributed by atoms with Crippen molar-refractivity contribution in [3.05, 3.63) is 72.9 Å². The molecule has 1 N–H and O–H groups in total. The van der Waals surface area contributed by atoms with Gasteiger partial charge in [0.05, 0.1) is 10.6 Å². The second kappa shape index (κ2) is 6.97. The van der Waals surface area contributed by atoms with Gasteiger partial charge in [-0.05, 0) is 36.4 Å². The van der Waals surface area contributed by atoms with Gasteiger partial charge in [0.15, 0.2) is 0 Å². The van der Waals surface area contributed by atoms with Crippen LogP contribution in [0, 0.1) is 0 Å². The number of nitrogens with one attached hydrogen (secondary N) is 1. The van der Waals surface area contributed by atoms with Crippen LogP contribution in [0.1, 0.15) is 0 Å². The van der Waals surface area contributed by atoms with E-state index in [1.807, 2.05) is 24.3 Å². The number of hydrogen-bond donors (Lipinski definition) is 1. The quantitative estimate of drug-likeness (QED) is 0.770. The van der Waals surface area contributed by atoms with Gasteiger partial charge in [0.1, 0.15) is 0 Å². The minimum atomic E-state index is -3.62. The van der Waals surface area contributed by atoms with E-state index in [0.29, 0.717) is 5.69 Å². The Morgan fingerprint density at radius 2 is 1.62 bits per heavy atom. The van der Waals surface area contributed by atoms with Crippen molar-refractivity contribution in [3.8, 4) is 11.3 Å². The van der Waals surface area contributed by atoms with Crippen molar-refractivity contribution in [2.24, 2.45) is 0 Å². The van der Waals surface area contributed by atoms with E-state index >= 15 is 0 Å². The SMILES string of the molecule is O=S(=O)(c1ccccc1)n1cccc1-c1cccc(N2CCNCC2)c1. The van der Waals surface area contributed by atoms with Crippen LogP contribution < -0.4 is 10.2 Å². The molecule has 1 aromatic heterocycles. The Labute approximate surface area is 153 Å². The van der Waals surface area contributed by atoms with Gasteiger partial charge in [0, 0.05) is 43.6 Å². The van der Waals surface area contributed by atoms with Gasteiger partial charge in [-0.25, -0.2) is 12.4 Å². The molecule has 2 aromatic carbocycles. The predicted octanol–water partition coefficient (Wildman–Crippen LogP) is 2.80. The van der Waals surface area contributed by atoms with Crippen molar-refractivity contribution in [3.63, 3.8) is 0 Å². The van der Waals surface area contributed by atoms with Crippen LogP contribution >= 0.6 is 0 Å². The molecule has 3 aromatic rings. The van der Waals surface area contributed by atoms with Crippen molar-refractivity contribution >= 4 is 15.7 Å². The van der Waals surface area contributed by atoms with Crippen LogP contribution in [0.4, 0.5) is 5.69 Å². The minimum absolute atomic E-state index is 0.288. The standard InChI is InChI=1S/C20H21N3O2S/c24-26(25,19-8-2-1-3-9-19)23-13-5-10-20(23)17-6-4-7-18(16-17)22-14-11-21-12-15-22/h1-10,13,16,21H,11-12,14-15H2. The largest absolute Gasteiger partial charge is 0.369 e. The molecule has 1 fully saturated rings. The van der Waals surface area contributed by atoms with Gasteiger partial charge in [-0.1, -0.05) is 30.3 Å². The Balaban J connectivity index is 1.74. The fraction of sp³-hybridized carbons (Fsp3) is 0.200. The van der Waals surface area contributed by atoms with Crippen LogP contribution in [0.25, 0.3) is 11.3 Å². The average molecular weight is 367 g/mol. The number of anilines is 1. The molecule has 2 heterocycles. The molecule has 5 nitrogen and oxygen atoms in total. The summed E-state index contributed by atoms with van der Waals surface area (Å²) in [5.41, 5.74) is 2.69. The van der Waals surface area contributed by atoms with E-state index in [-0.39, 0.29) is 4.90 Å². The van der Waals surface area contributed by atoms with Gasteiger partial charge in [0.25, 0.3) is 10.0 Å². The fourth-order valence-corrected chi connectivity index (χ4v) is 4.67. The summed E-state index contributed by atoms with van der Waals surface area (Å²) in [6.07, 6.45) is 1.61. The molecular formula is C20H21N3O2S. The molecule has 6 heteroatoms. The van der Waals surface area contributed by atoms with E-state index in [4.69, 9.17) is 0 Å². The lowest BCUT2D eigenvalue weighted by Crippen LogP contribution is -2.43. The lowest BCUT2D eigenvalue weighted by molar-refractivity contribution is 0.588. The molecule has 1 aliphatic rings. The first-order valence-electron chi connectivity index (χ1n) is 8.70. The normalized spacial score (nSPS) is 15.2. The van der Waals surface area contributed by atoms with Gasteiger partial charge in [-0.15, -0.1) is 0 Å². The Morgan fingerprint density at radius 3 is 2.38 bits per heavy atom. The number of rotatable bonds is 4. The monoisotopic (exact) mass is 367 g/mol. The van der Waals surface area contributed by atoms with E-state index in [1.54, 1.807) is 36.5 Å². The van der Waals surface area contributed by atoms with E-state index < -0.39 is 10.0 Å². The first-order chi connectivity index (χ1) is 12.7. The zero-order chi connectivity index (χ0) is 18.0. The van der Waals surface area contributed by atoms with Crippen LogP contribution in [0.3, 0.4) is 0 Å². The van der Waals surface area contributed by atoms with Crippen LogP contribution in [0.15, 0.2) is 77.8 Å². The van der Waals surface area contributed by atoms with Gasteiger partial charge in [-0.3, -0.25) is 0 Å². The van der Waals surface area contributed by atoms with E-state index in [1.165, 1.54) is 3.97 Å². The van der Waals surface area contributed by atoms with Crippen LogP contribution in [-0.2, 0) is 10.0 Å². The molecular weight excluding hydrogens is 346 g/mol. The van der Waals surface area contributed by atoms with Gasteiger partial charge < -0.3 is 10.2 Å². The summed E-state index contributed by atoms with van der Waals surface area (Å²) in [4.78, 5) is 2.61. The summed E-state index contributed by atoms with van der Waals surface area (Å²) in [6.45, 7) is 3.82. The molecule has 1 saturated heterocycles. The fourth-order valence-electron chi connectivity index (χ4n) is 3.29. The van der Waals surface area contributed by atoms with Gasteiger partial charge in [-0.2, -0.15) is 0 Å².